The fourth-order valence-electron chi connectivity index (χ4n) is 5.88. The smallest absolute Gasteiger partial charge is 0.0468 e. The van der Waals surface area contributed by atoms with E-state index in [2.05, 4.69) is 144 Å². The molecule has 0 unspecified atom stereocenters. The number of fused-ring (bicyclic) bond motifs is 9. The van der Waals surface area contributed by atoms with Crippen molar-refractivity contribution in [3.63, 3.8) is 0 Å². The Bertz CT molecular complexity index is 2090. The first kappa shape index (κ1) is 21.4. The Morgan fingerprint density at radius 2 is 0.974 bits per heavy atom. The van der Waals surface area contributed by atoms with Crippen molar-refractivity contribution in [2.75, 3.05) is 4.90 Å². The molecule has 38 heavy (non-hydrogen) atoms. The minimum Gasteiger partial charge on any atom is -0.310 e. The van der Waals surface area contributed by atoms with Crippen LogP contribution in [0.1, 0.15) is 0 Å². The molecule has 0 aliphatic rings. The molecule has 178 valence electrons. The Hall–Kier alpha value is -4.66. The lowest BCUT2D eigenvalue weighted by Crippen LogP contribution is -2.09. The van der Waals surface area contributed by atoms with Crippen LogP contribution in [0, 0.1) is 0 Å². The third kappa shape index (κ3) is 3.24. The highest BCUT2D eigenvalue weighted by molar-refractivity contribution is 7.26. The molecule has 8 rings (SSSR count). The molecule has 0 N–H and O–H groups in total. The Morgan fingerprint density at radius 1 is 0.395 bits per heavy atom. The lowest BCUT2D eigenvalue weighted by molar-refractivity contribution is 1.29. The molecule has 0 amide bonds. The first-order chi connectivity index (χ1) is 18.8. The molecule has 0 fully saturated rings. The molecule has 8 aromatic rings. The highest BCUT2D eigenvalue weighted by atomic mass is 32.1. The van der Waals surface area contributed by atoms with Crippen molar-refractivity contribution in [1.29, 1.82) is 0 Å². The molecule has 0 saturated carbocycles. The van der Waals surface area contributed by atoms with Crippen LogP contribution in [0.4, 0.5) is 17.1 Å². The number of anilines is 3. The van der Waals surface area contributed by atoms with E-state index in [1.54, 1.807) is 0 Å². The van der Waals surface area contributed by atoms with Crippen molar-refractivity contribution < 1.29 is 0 Å². The van der Waals surface area contributed by atoms with E-state index in [9.17, 15) is 0 Å². The summed E-state index contributed by atoms with van der Waals surface area (Å²) >= 11 is 1.90. The SMILES string of the molecule is c1ccc(N(c2ccccc2)c2ccc3c(ccc4ccc5c(ccc6c7ccccc7sc65)c43)c2)cc1. The second-order valence-corrected chi connectivity index (χ2v) is 10.8. The van der Waals surface area contributed by atoms with Gasteiger partial charge >= 0.3 is 0 Å². The summed E-state index contributed by atoms with van der Waals surface area (Å²) in [5.74, 6) is 0. The van der Waals surface area contributed by atoms with Crippen LogP contribution in [0.5, 0.6) is 0 Å². The molecular formula is C36H23NS. The number of para-hydroxylation sites is 2. The van der Waals surface area contributed by atoms with E-state index >= 15 is 0 Å². The molecule has 0 bridgehead atoms. The molecule has 7 aromatic carbocycles. The van der Waals surface area contributed by atoms with Crippen molar-refractivity contribution in [2.45, 2.75) is 0 Å². The van der Waals surface area contributed by atoms with Crippen LogP contribution in [-0.4, -0.2) is 0 Å². The fraction of sp³-hybridized carbons (Fsp3) is 0. The molecule has 1 heterocycles. The van der Waals surface area contributed by atoms with E-state index in [4.69, 9.17) is 0 Å². The lowest BCUT2D eigenvalue weighted by Gasteiger charge is -2.25. The maximum atomic E-state index is 2.33. The molecule has 0 atom stereocenters. The van der Waals surface area contributed by atoms with Crippen molar-refractivity contribution in [1.82, 2.24) is 0 Å². The summed E-state index contributed by atoms with van der Waals surface area (Å²) in [6, 6.07) is 50.6. The maximum absolute atomic E-state index is 2.33. The van der Waals surface area contributed by atoms with Gasteiger partial charge in [-0.3, -0.25) is 0 Å². The topological polar surface area (TPSA) is 3.24 Å². The minimum atomic E-state index is 1.15. The molecule has 1 nitrogen and oxygen atoms in total. The molecule has 1 aromatic heterocycles. The monoisotopic (exact) mass is 501 g/mol. The molecule has 2 heteroatoms. The van der Waals surface area contributed by atoms with Gasteiger partial charge in [-0.25, -0.2) is 0 Å². The molecule has 0 radical (unpaired) electrons. The van der Waals surface area contributed by atoms with E-state index in [1.165, 1.54) is 52.5 Å². The van der Waals surface area contributed by atoms with Gasteiger partial charge in [-0.1, -0.05) is 97.1 Å². The average Bonchev–Trinajstić information content (AvgIpc) is 3.37. The Kier molecular flexibility index (Phi) is 4.76. The molecule has 0 aliphatic heterocycles. The number of hydrogen-bond donors (Lipinski definition) is 0. The van der Waals surface area contributed by atoms with Gasteiger partial charge in [0.2, 0.25) is 0 Å². The molecular weight excluding hydrogens is 478 g/mol. The van der Waals surface area contributed by atoms with E-state index in [-0.39, 0.29) is 0 Å². The Labute approximate surface area is 224 Å². The van der Waals surface area contributed by atoms with Crippen molar-refractivity contribution in [3.05, 3.63) is 140 Å². The van der Waals surface area contributed by atoms with Crippen LogP contribution < -0.4 is 4.90 Å². The standard InChI is InChI=1S/C36H23NS/c1-3-9-26(10-4-1)37(27-11-5-2-6-12-27)28-18-20-29-25(23-28)16-15-24-17-19-33-31(35(24)29)21-22-32-30-13-7-8-14-34(30)38-36(32)33/h1-23H. The van der Waals surface area contributed by atoms with Crippen LogP contribution in [0.25, 0.3) is 52.5 Å². The third-order valence-electron chi connectivity index (χ3n) is 7.61. The average molecular weight is 502 g/mol. The summed E-state index contributed by atoms with van der Waals surface area (Å²) in [5, 5.41) is 10.5. The van der Waals surface area contributed by atoms with Gasteiger partial charge < -0.3 is 4.90 Å². The molecule has 0 spiro atoms. The largest absolute Gasteiger partial charge is 0.310 e. The lowest BCUT2D eigenvalue weighted by atomic mass is 9.95. The first-order valence-corrected chi connectivity index (χ1v) is 13.8. The summed E-state index contributed by atoms with van der Waals surface area (Å²) in [4.78, 5) is 2.33. The van der Waals surface area contributed by atoms with Gasteiger partial charge in [-0.05, 0) is 69.4 Å². The number of rotatable bonds is 3. The zero-order chi connectivity index (χ0) is 25.1. The fourth-order valence-corrected chi connectivity index (χ4v) is 7.11. The second kappa shape index (κ2) is 8.44. The zero-order valence-corrected chi connectivity index (χ0v) is 21.5. The third-order valence-corrected chi connectivity index (χ3v) is 8.83. The van der Waals surface area contributed by atoms with Crippen molar-refractivity contribution in [3.8, 4) is 0 Å². The van der Waals surface area contributed by atoms with Crippen LogP contribution in [-0.2, 0) is 0 Å². The van der Waals surface area contributed by atoms with Gasteiger partial charge in [0.25, 0.3) is 0 Å². The van der Waals surface area contributed by atoms with Gasteiger partial charge in [0.15, 0.2) is 0 Å². The van der Waals surface area contributed by atoms with Crippen molar-refractivity contribution in [2.24, 2.45) is 0 Å². The number of thiophene rings is 1. The first-order valence-electron chi connectivity index (χ1n) is 12.9. The van der Waals surface area contributed by atoms with Gasteiger partial charge in [0.1, 0.15) is 0 Å². The van der Waals surface area contributed by atoms with Crippen LogP contribution in [0.15, 0.2) is 140 Å². The van der Waals surface area contributed by atoms with E-state index in [1.807, 2.05) is 11.3 Å². The summed E-state index contributed by atoms with van der Waals surface area (Å²) in [6.45, 7) is 0. The van der Waals surface area contributed by atoms with Crippen LogP contribution >= 0.6 is 11.3 Å². The quantitative estimate of drug-likeness (QED) is 0.218. The maximum Gasteiger partial charge on any atom is 0.0468 e. The summed E-state index contributed by atoms with van der Waals surface area (Å²) in [7, 11) is 0. The van der Waals surface area contributed by atoms with Gasteiger partial charge in [0, 0.05) is 42.6 Å². The minimum absolute atomic E-state index is 1.15. The predicted octanol–water partition coefficient (Wildman–Crippen LogP) is 11.0. The Balaban J connectivity index is 1.38. The number of hydrogen-bond acceptors (Lipinski definition) is 2. The van der Waals surface area contributed by atoms with E-state index < -0.39 is 0 Å². The Morgan fingerprint density at radius 3 is 1.76 bits per heavy atom. The summed E-state index contributed by atoms with van der Waals surface area (Å²) < 4.78 is 2.72. The number of nitrogens with zero attached hydrogens (tertiary/aromatic N) is 1. The van der Waals surface area contributed by atoms with Crippen LogP contribution in [0.3, 0.4) is 0 Å². The van der Waals surface area contributed by atoms with Gasteiger partial charge in [-0.15, -0.1) is 11.3 Å². The van der Waals surface area contributed by atoms with E-state index in [0.29, 0.717) is 0 Å². The van der Waals surface area contributed by atoms with Crippen molar-refractivity contribution >= 4 is 80.9 Å². The van der Waals surface area contributed by atoms with Gasteiger partial charge in [0.05, 0.1) is 0 Å². The molecule has 0 saturated heterocycles. The molecule has 0 aliphatic carbocycles. The zero-order valence-electron chi connectivity index (χ0n) is 20.6. The highest BCUT2D eigenvalue weighted by Gasteiger charge is 2.15. The number of benzene rings is 7. The summed E-state index contributed by atoms with van der Waals surface area (Å²) in [5.41, 5.74) is 3.45. The highest BCUT2D eigenvalue weighted by Crippen LogP contribution is 2.43. The van der Waals surface area contributed by atoms with E-state index in [0.717, 1.165) is 17.1 Å². The normalized spacial score (nSPS) is 11.7. The van der Waals surface area contributed by atoms with Gasteiger partial charge in [-0.2, -0.15) is 0 Å². The predicted molar refractivity (Wildman–Crippen MR) is 167 cm³/mol. The summed E-state index contributed by atoms with van der Waals surface area (Å²) in [6.07, 6.45) is 0. The second-order valence-electron chi connectivity index (χ2n) is 9.78. The van der Waals surface area contributed by atoms with Crippen LogP contribution in [0.2, 0.25) is 0 Å².